The quantitative estimate of drug-likeness (QED) is 0.588. The van der Waals surface area contributed by atoms with Crippen LogP contribution in [0, 0.1) is 0 Å². The summed E-state index contributed by atoms with van der Waals surface area (Å²) in [6, 6.07) is 5.58. The standard InChI is InChI=1S/C20H29N5O5S/c1-5-7-12-25-17(21)16(18(26)22-20(25)28)24(11-6-2)19(27)14-9-8-10-15(13-14)31(29,30)23(3)4/h8-10,13H,5-7,11-12,21H2,1-4H3,(H,22,26,28). The molecule has 0 saturated heterocycles. The molecule has 31 heavy (non-hydrogen) atoms. The van der Waals surface area contributed by atoms with Crippen molar-refractivity contribution in [2.75, 3.05) is 31.3 Å². The molecule has 1 amide bonds. The lowest BCUT2D eigenvalue weighted by molar-refractivity contribution is 0.0986. The van der Waals surface area contributed by atoms with Crippen LogP contribution in [-0.2, 0) is 16.6 Å². The molecule has 0 aliphatic rings. The number of H-pyrrole nitrogens is 1. The SMILES string of the molecule is CCCCn1c(N)c(N(CCC)C(=O)c2cccc(S(=O)(=O)N(C)C)c2)c(=O)[nH]c1=O. The number of carbonyl (C=O) groups excluding carboxylic acids is 1. The molecule has 3 N–H and O–H groups in total. The van der Waals surface area contributed by atoms with Crippen LogP contribution in [0.25, 0.3) is 0 Å². The minimum absolute atomic E-state index is 0.0467. The number of unbranched alkanes of at least 4 members (excludes halogenated alkanes) is 1. The fraction of sp³-hybridized carbons (Fsp3) is 0.450. The molecule has 2 rings (SSSR count). The predicted molar refractivity (Wildman–Crippen MR) is 120 cm³/mol. The largest absolute Gasteiger partial charge is 0.383 e. The first-order chi connectivity index (χ1) is 14.6. The number of carbonyl (C=O) groups is 1. The number of nitrogens with zero attached hydrogens (tertiary/aromatic N) is 3. The van der Waals surface area contributed by atoms with Crippen molar-refractivity contribution in [3.05, 3.63) is 50.7 Å². The summed E-state index contributed by atoms with van der Waals surface area (Å²) in [7, 11) is -0.958. The molecule has 1 heterocycles. The average molecular weight is 452 g/mol. The Labute approximate surface area is 181 Å². The van der Waals surface area contributed by atoms with Gasteiger partial charge in [-0.05, 0) is 31.0 Å². The van der Waals surface area contributed by atoms with Gasteiger partial charge in [0.2, 0.25) is 10.0 Å². The third-order valence-electron chi connectivity index (χ3n) is 4.77. The number of anilines is 2. The first-order valence-corrected chi connectivity index (χ1v) is 11.5. The third-order valence-corrected chi connectivity index (χ3v) is 6.58. The smallest absolute Gasteiger partial charge is 0.330 e. The number of nitrogens with one attached hydrogen (secondary N) is 1. The number of aromatic nitrogens is 2. The Morgan fingerprint density at radius 2 is 1.84 bits per heavy atom. The van der Waals surface area contributed by atoms with E-state index in [2.05, 4.69) is 4.98 Å². The number of benzene rings is 1. The van der Waals surface area contributed by atoms with Crippen molar-refractivity contribution in [1.29, 1.82) is 0 Å². The van der Waals surface area contributed by atoms with Crippen LogP contribution in [0.15, 0.2) is 38.8 Å². The number of amides is 1. The average Bonchev–Trinajstić information content (AvgIpc) is 2.72. The van der Waals surface area contributed by atoms with E-state index in [1.807, 2.05) is 13.8 Å². The van der Waals surface area contributed by atoms with E-state index in [0.717, 1.165) is 10.7 Å². The molecule has 0 bridgehead atoms. The van der Waals surface area contributed by atoms with Gasteiger partial charge in [0.1, 0.15) is 5.82 Å². The number of hydrogen-bond acceptors (Lipinski definition) is 6. The van der Waals surface area contributed by atoms with Gasteiger partial charge in [-0.15, -0.1) is 0 Å². The second-order valence-electron chi connectivity index (χ2n) is 7.27. The van der Waals surface area contributed by atoms with Gasteiger partial charge < -0.3 is 10.6 Å². The van der Waals surface area contributed by atoms with Gasteiger partial charge in [-0.3, -0.25) is 19.1 Å². The van der Waals surface area contributed by atoms with E-state index in [9.17, 15) is 22.8 Å². The summed E-state index contributed by atoms with van der Waals surface area (Å²) in [6.45, 7) is 4.23. The Hall–Kier alpha value is -2.92. The molecule has 0 radical (unpaired) electrons. The molecule has 0 unspecified atom stereocenters. The lowest BCUT2D eigenvalue weighted by atomic mass is 10.2. The summed E-state index contributed by atoms with van der Waals surface area (Å²) in [5.74, 6) is -0.684. The number of sulfonamides is 1. The van der Waals surface area contributed by atoms with Crippen molar-refractivity contribution >= 4 is 27.4 Å². The molecule has 11 heteroatoms. The zero-order chi connectivity index (χ0) is 23.3. The van der Waals surface area contributed by atoms with Gasteiger partial charge in [0.05, 0.1) is 4.90 Å². The van der Waals surface area contributed by atoms with E-state index in [-0.39, 0.29) is 28.5 Å². The second-order valence-corrected chi connectivity index (χ2v) is 9.42. The van der Waals surface area contributed by atoms with Gasteiger partial charge in [0.15, 0.2) is 5.69 Å². The molecule has 10 nitrogen and oxygen atoms in total. The van der Waals surface area contributed by atoms with Crippen LogP contribution < -0.4 is 21.9 Å². The summed E-state index contributed by atoms with van der Waals surface area (Å²) in [5.41, 5.74) is 4.72. The highest BCUT2D eigenvalue weighted by Gasteiger charge is 2.26. The van der Waals surface area contributed by atoms with Crippen molar-refractivity contribution < 1.29 is 13.2 Å². The maximum absolute atomic E-state index is 13.3. The minimum atomic E-state index is -3.75. The van der Waals surface area contributed by atoms with Crippen molar-refractivity contribution in [2.24, 2.45) is 0 Å². The molecule has 2 aromatic rings. The van der Waals surface area contributed by atoms with E-state index in [4.69, 9.17) is 5.73 Å². The Morgan fingerprint density at radius 1 is 1.16 bits per heavy atom. The van der Waals surface area contributed by atoms with Gasteiger partial charge in [-0.2, -0.15) is 0 Å². The molecule has 170 valence electrons. The molecule has 1 aromatic heterocycles. The van der Waals surface area contributed by atoms with Gasteiger partial charge in [-0.1, -0.05) is 26.3 Å². The van der Waals surface area contributed by atoms with Crippen LogP contribution >= 0.6 is 0 Å². The summed E-state index contributed by atoms with van der Waals surface area (Å²) < 4.78 is 27.2. The maximum atomic E-state index is 13.3. The van der Waals surface area contributed by atoms with E-state index >= 15 is 0 Å². The van der Waals surface area contributed by atoms with Gasteiger partial charge in [0, 0.05) is 32.7 Å². The highest BCUT2D eigenvalue weighted by molar-refractivity contribution is 7.89. The van der Waals surface area contributed by atoms with Crippen LogP contribution in [0.5, 0.6) is 0 Å². The zero-order valence-corrected chi connectivity index (χ0v) is 19.0. The summed E-state index contributed by atoms with van der Waals surface area (Å²) in [5, 5.41) is 0. The summed E-state index contributed by atoms with van der Waals surface area (Å²) in [4.78, 5) is 41.5. The molecule has 0 aliphatic heterocycles. The van der Waals surface area contributed by atoms with Crippen molar-refractivity contribution in [1.82, 2.24) is 13.9 Å². The van der Waals surface area contributed by atoms with Crippen LogP contribution in [0.1, 0.15) is 43.5 Å². The Kier molecular flexibility index (Phi) is 7.80. The number of nitrogens with two attached hydrogens (primary N) is 1. The molecule has 0 fully saturated rings. The zero-order valence-electron chi connectivity index (χ0n) is 18.2. The second kappa shape index (κ2) is 9.92. The lowest BCUT2D eigenvalue weighted by Crippen LogP contribution is -2.41. The van der Waals surface area contributed by atoms with Crippen LogP contribution in [0.2, 0.25) is 0 Å². The number of rotatable bonds is 9. The number of aromatic amines is 1. The Bertz CT molecular complexity index is 1170. The van der Waals surface area contributed by atoms with Crippen LogP contribution in [-0.4, -0.2) is 48.8 Å². The molecule has 0 aliphatic carbocycles. The van der Waals surface area contributed by atoms with Crippen LogP contribution in [0.4, 0.5) is 11.5 Å². The molecular formula is C20H29N5O5S. The first kappa shape index (κ1) is 24.4. The molecular weight excluding hydrogens is 422 g/mol. The summed E-state index contributed by atoms with van der Waals surface area (Å²) in [6.07, 6.45) is 1.99. The van der Waals surface area contributed by atoms with E-state index in [0.29, 0.717) is 19.4 Å². The van der Waals surface area contributed by atoms with E-state index < -0.39 is 27.2 Å². The Morgan fingerprint density at radius 3 is 2.42 bits per heavy atom. The van der Waals surface area contributed by atoms with Crippen molar-refractivity contribution in [3.63, 3.8) is 0 Å². The highest BCUT2D eigenvalue weighted by atomic mass is 32.2. The fourth-order valence-corrected chi connectivity index (χ4v) is 4.02. The predicted octanol–water partition coefficient (Wildman–Crippen LogP) is 1.23. The van der Waals surface area contributed by atoms with Crippen molar-refractivity contribution in [2.45, 2.75) is 44.6 Å². The fourth-order valence-electron chi connectivity index (χ4n) is 3.07. The lowest BCUT2D eigenvalue weighted by Gasteiger charge is -2.24. The number of nitrogen functional groups attached to an aromatic ring is 1. The number of hydrogen-bond donors (Lipinski definition) is 2. The van der Waals surface area contributed by atoms with E-state index in [1.54, 1.807) is 0 Å². The Balaban J connectivity index is 2.62. The highest BCUT2D eigenvalue weighted by Crippen LogP contribution is 2.22. The monoisotopic (exact) mass is 451 g/mol. The molecule has 0 spiro atoms. The summed E-state index contributed by atoms with van der Waals surface area (Å²) >= 11 is 0. The minimum Gasteiger partial charge on any atom is -0.383 e. The molecule has 1 aromatic carbocycles. The van der Waals surface area contributed by atoms with Gasteiger partial charge in [0.25, 0.3) is 11.5 Å². The molecule has 0 atom stereocenters. The van der Waals surface area contributed by atoms with E-state index in [1.165, 1.54) is 47.8 Å². The molecule has 0 saturated carbocycles. The topological polar surface area (TPSA) is 139 Å². The van der Waals surface area contributed by atoms with Crippen molar-refractivity contribution in [3.8, 4) is 0 Å². The van der Waals surface area contributed by atoms with Crippen LogP contribution in [0.3, 0.4) is 0 Å². The third kappa shape index (κ3) is 5.05. The maximum Gasteiger partial charge on any atom is 0.330 e. The first-order valence-electron chi connectivity index (χ1n) is 10.0. The normalized spacial score (nSPS) is 11.6. The van der Waals surface area contributed by atoms with Gasteiger partial charge in [-0.25, -0.2) is 17.5 Å². The van der Waals surface area contributed by atoms with Gasteiger partial charge >= 0.3 is 5.69 Å².